The van der Waals surface area contributed by atoms with Crippen LogP contribution in [0.4, 0.5) is 10.5 Å². The number of urea groups is 1. The van der Waals surface area contributed by atoms with Gasteiger partial charge in [-0.25, -0.2) is 17.9 Å². The molecule has 1 aromatic carbocycles. The molecule has 0 aromatic heterocycles. The lowest BCUT2D eigenvalue weighted by Gasteiger charge is -2.26. The molecule has 0 heterocycles. The molecule has 31 heavy (non-hydrogen) atoms. The summed E-state index contributed by atoms with van der Waals surface area (Å²) in [6.45, 7) is 1.54. The van der Waals surface area contributed by atoms with Gasteiger partial charge >= 0.3 is 6.03 Å². The smallest absolute Gasteiger partial charge is 0.307 e. The van der Waals surface area contributed by atoms with E-state index in [9.17, 15) is 13.2 Å². The van der Waals surface area contributed by atoms with E-state index in [1.165, 1.54) is 54.4 Å². The summed E-state index contributed by atoms with van der Waals surface area (Å²) in [6, 6.07) is 1.62. The molecule has 1 fully saturated rings. The van der Waals surface area contributed by atoms with Crippen LogP contribution in [0.15, 0.2) is 17.6 Å². The minimum atomic E-state index is -3.83. The van der Waals surface area contributed by atoms with Crippen LogP contribution in [0, 0.1) is 5.92 Å². The number of hydrogen-bond donors (Lipinski definition) is 2. The van der Waals surface area contributed by atoms with E-state index < -0.39 is 16.1 Å². The first-order chi connectivity index (χ1) is 14.9. The summed E-state index contributed by atoms with van der Waals surface area (Å²) in [4.78, 5) is 14.7. The summed E-state index contributed by atoms with van der Waals surface area (Å²) in [5.41, 5.74) is 5.84. The van der Waals surface area contributed by atoms with Crippen molar-refractivity contribution in [1.29, 1.82) is 0 Å². The number of anilines is 1. The molecule has 0 atom stereocenters. The van der Waals surface area contributed by atoms with E-state index in [0.717, 1.165) is 56.2 Å². The van der Waals surface area contributed by atoms with E-state index in [1.807, 2.05) is 7.05 Å². The third kappa shape index (κ3) is 5.69. The van der Waals surface area contributed by atoms with Crippen LogP contribution < -0.4 is 10.0 Å². The van der Waals surface area contributed by atoms with Gasteiger partial charge in [0.1, 0.15) is 0 Å². The fraction of sp³-hybridized carbons (Fsp3) is 0.625. The van der Waals surface area contributed by atoms with E-state index in [2.05, 4.69) is 21.0 Å². The zero-order chi connectivity index (χ0) is 21.8. The highest BCUT2D eigenvalue weighted by Gasteiger charge is 2.25. The minimum absolute atomic E-state index is 0.554. The quantitative estimate of drug-likeness (QED) is 0.661. The van der Waals surface area contributed by atoms with Crippen LogP contribution in [0.2, 0.25) is 0 Å². The largest absolute Gasteiger partial charge is 0.333 e. The van der Waals surface area contributed by atoms with E-state index in [0.29, 0.717) is 12.5 Å². The van der Waals surface area contributed by atoms with Crippen LogP contribution in [-0.2, 0) is 35.7 Å². The van der Waals surface area contributed by atoms with Crippen LogP contribution in [0.1, 0.15) is 67.2 Å². The van der Waals surface area contributed by atoms with Crippen molar-refractivity contribution in [2.45, 2.75) is 70.6 Å². The summed E-state index contributed by atoms with van der Waals surface area (Å²) in [5.74, 6) is 0.710. The Morgan fingerprint density at radius 3 is 2.32 bits per heavy atom. The van der Waals surface area contributed by atoms with Gasteiger partial charge in [0.2, 0.25) is 0 Å². The lowest BCUT2D eigenvalue weighted by atomic mass is 9.89. The van der Waals surface area contributed by atoms with Gasteiger partial charge < -0.3 is 10.2 Å². The Morgan fingerprint density at radius 2 is 1.68 bits per heavy atom. The molecular weight excluding hydrogens is 410 g/mol. The van der Waals surface area contributed by atoms with Crippen molar-refractivity contribution < 1.29 is 13.2 Å². The minimum Gasteiger partial charge on any atom is -0.307 e. The zero-order valence-corrected chi connectivity index (χ0v) is 19.4. The van der Waals surface area contributed by atoms with Crippen molar-refractivity contribution in [2.24, 2.45) is 5.92 Å². The number of fused-ring (bicyclic) bond motifs is 2. The monoisotopic (exact) mass is 445 g/mol. The third-order valence-electron chi connectivity index (χ3n) is 6.93. The number of carbonyl (C=O) groups is 1. The number of aryl methyl sites for hydroxylation is 2. The summed E-state index contributed by atoms with van der Waals surface area (Å²) >= 11 is 0. The molecule has 0 radical (unpaired) electrons. The van der Waals surface area contributed by atoms with Gasteiger partial charge in [-0.3, -0.25) is 0 Å². The molecule has 7 heteroatoms. The van der Waals surface area contributed by atoms with E-state index in [-0.39, 0.29) is 0 Å². The second-order valence-electron chi connectivity index (χ2n) is 9.43. The van der Waals surface area contributed by atoms with Crippen molar-refractivity contribution in [3.05, 3.63) is 39.8 Å². The first-order valence-corrected chi connectivity index (χ1v) is 13.3. The molecule has 0 aliphatic heterocycles. The summed E-state index contributed by atoms with van der Waals surface area (Å²) in [5, 5.41) is 3.99. The second kappa shape index (κ2) is 9.74. The third-order valence-corrected chi connectivity index (χ3v) is 7.95. The molecule has 0 unspecified atom stereocenters. The second-order valence-corrected chi connectivity index (χ2v) is 11.0. The van der Waals surface area contributed by atoms with E-state index in [4.69, 9.17) is 0 Å². The molecule has 1 aromatic rings. The Bertz CT molecular complexity index is 917. The maximum Gasteiger partial charge on any atom is 0.333 e. The fourth-order valence-corrected chi connectivity index (χ4v) is 6.22. The van der Waals surface area contributed by atoms with Gasteiger partial charge in [0, 0.05) is 24.2 Å². The Kier molecular flexibility index (Phi) is 7.02. The molecular formula is C24H35N3O3S. The van der Waals surface area contributed by atoms with E-state index in [1.54, 1.807) is 6.08 Å². The summed E-state index contributed by atoms with van der Waals surface area (Å²) < 4.78 is 26.9. The predicted molar refractivity (Wildman–Crippen MR) is 125 cm³/mol. The Morgan fingerprint density at radius 1 is 1.03 bits per heavy atom. The SMILES string of the molecule is CN(C/C=C/S(=O)(=O)NC(=O)Nc1c2c(cc3c1CCC3)CCC2)CC1CCCCC1. The Labute approximate surface area is 186 Å². The van der Waals surface area contributed by atoms with Crippen LogP contribution in [0.25, 0.3) is 0 Å². The molecule has 1 saturated carbocycles. The molecule has 2 N–H and O–H groups in total. The molecule has 4 rings (SSSR count). The lowest BCUT2D eigenvalue weighted by Crippen LogP contribution is -2.34. The summed E-state index contributed by atoms with van der Waals surface area (Å²) in [6.07, 6.45) is 14.2. The maximum absolute atomic E-state index is 12.5. The number of likely N-dealkylation sites (N-methyl/N-ethyl adjacent to an activating group) is 1. The zero-order valence-electron chi connectivity index (χ0n) is 18.6. The van der Waals surface area contributed by atoms with Crippen molar-refractivity contribution in [1.82, 2.24) is 9.62 Å². The average Bonchev–Trinajstić information content (AvgIpc) is 3.37. The highest BCUT2D eigenvalue weighted by molar-refractivity contribution is 7.92. The van der Waals surface area contributed by atoms with Crippen LogP contribution in [0.3, 0.4) is 0 Å². The topological polar surface area (TPSA) is 78.5 Å². The van der Waals surface area contributed by atoms with Crippen LogP contribution >= 0.6 is 0 Å². The average molecular weight is 446 g/mol. The van der Waals surface area contributed by atoms with Crippen molar-refractivity contribution in [3.63, 3.8) is 0 Å². The van der Waals surface area contributed by atoms with Gasteiger partial charge in [0.05, 0.1) is 0 Å². The normalized spacial score (nSPS) is 19.0. The number of nitrogens with one attached hydrogen (secondary N) is 2. The van der Waals surface area contributed by atoms with Gasteiger partial charge in [-0.15, -0.1) is 0 Å². The highest BCUT2D eigenvalue weighted by atomic mass is 32.2. The van der Waals surface area contributed by atoms with Crippen LogP contribution in [0.5, 0.6) is 0 Å². The molecule has 6 nitrogen and oxygen atoms in total. The number of sulfonamides is 1. The molecule has 0 bridgehead atoms. The number of benzene rings is 1. The fourth-order valence-electron chi connectivity index (χ4n) is 5.50. The van der Waals surface area contributed by atoms with Crippen molar-refractivity contribution >= 4 is 21.7 Å². The van der Waals surface area contributed by atoms with Crippen LogP contribution in [-0.4, -0.2) is 39.5 Å². The number of nitrogens with zero attached hydrogens (tertiary/aromatic N) is 1. The number of carbonyl (C=O) groups excluding carboxylic acids is 1. The standard InChI is InChI=1S/C24H35N3O3S/c1-27(17-18-8-3-2-4-9-18)14-7-15-31(29,30)26-24(28)25-23-21-12-5-10-19(21)16-20-11-6-13-22(20)23/h7,15-16,18H,2-6,8-14,17H2,1H3,(H2,25,26,28)/b15-7+. The lowest BCUT2D eigenvalue weighted by molar-refractivity contribution is 0.249. The Hall–Kier alpha value is -1.86. The molecule has 3 aliphatic carbocycles. The molecule has 0 spiro atoms. The van der Waals surface area contributed by atoms with Crippen molar-refractivity contribution in [2.75, 3.05) is 25.5 Å². The molecule has 2 amide bonds. The number of rotatable bonds is 7. The van der Waals surface area contributed by atoms with Gasteiger partial charge in [-0.1, -0.05) is 31.4 Å². The first kappa shape index (κ1) is 22.3. The Balaban J connectivity index is 1.33. The van der Waals surface area contributed by atoms with Gasteiger partial charge in [-0.05, 0) is 86.6 Å². The summed E-state index contributed by atoms with van der Waals surface area (Å²) in [7, 11) is -1.81. The molecule has 0 saturated heterocycles. The van der Waals surface area contributed by atoms with Gasteiger partial charge in [0.15, 0.2) is 0 Å². The number of hydrogen-bond acceptors (Lipinski definition) is 4. The van der Waals surface area contributed by atoms with E-state index >= 15 is 0 Å². The first-order valence-electron chi connectivity index (χ1n) is 11.8. The molecule has 170 valence electrons. The number of amides is 2. The molecule has 3 aliphatic rings. The highest BCUT2D eigenvalue weighted by Crippen LogP contribution is 2.38. The van der Waals surface area contributed by atoms with Crippen molar-refractivity contribution in [3.8, 4) is 0 Å². The van der Waals surface area contributed by atoms with Gasteiger partial charge in [-0.2, -0.15) is 0 Å². The predicted octanol–water partition coefficient (Wildman–Crippen LogP) is 4.14. The maximum atomic E-state index is 12.5. The van der Waals surface area contributed by atoms with Gasteiger partial charge in [0.25, 0.3) is 10.0 Å².